The lowest BCUT2D eigenvalue weighted by Crippen LogP contribution is -2.37. The molecule has 1 saturated heterocycles. The van der Waals surface area contributed by atoms with Crippen LogP contribution in [0.25, 0.3) is 11.0 Å². The summed E-state index contributed by atoms with van der Waals surface area (Å²) in [6.07, 6.45) is 4.80. The maximum atomic E-state index is 4.48. The van der Waals surface area contributed by atoms with Crippen molar-refractivity contribution in [1.29, 1.82) is 0 Å². The van der Waals surface area contributed by atoms with Gasteiger partial charge in [0.1, 0.15) is 17.8 Å². The number of fused-ring (bicyclic) bond motifs is 1. The first-order chi connectivity index (χ1) is 9.33. The third-order valence-electron chi connectivity index (χ3n) is 4.12. The molecule has 102 valence electrons. The van der Waals surface area contributed by atoms with Crippen LogP contribution in [-0.2, 0) is 0 Å². The predicted molar refractivity (Wildman–Crippen MR) is 77.4 cm³/mol. The number of aromatic amines is 1. The zero-order valence-corrected chi connectivity index (χ0v) is 11.6. The number of anilines is 1. The van der Waals surface area contributed by atoms with Gasteiger partial charge >= 0.3 is 0 Å². The van der Waals surface area contributed by atoms with Gasteiger partial charge in [-0.1, -0.05) is 13.8 Å². The highest BCUT2D eigenvalue weighted by molar-refractivity contribution is 5.87. The zero-order chi connectivity index (χ0) is 13.2. The van der Waals surface area contributed by atoms with Gasteiger partial charge < -0.3 is 9.88 Å². The molecule has 1 atom stereocenters. The molecule has 19 heavy (non-hydrogen) atoms. The first kappa shape index (κ1) is 12.4. The Morgan fingerprint density at radius 2 is 2.21 bits per heavy atom. The van der Waals surface area contributed by atoms with Gasteiger partial charge in [0.2, 0.25) is 0 Å². The van der Waals surface area contributed by atoms with Crippen LogP contribution in [-0.4, -0.2) is 52.1 Å². The molecule has 1 aliphatic rings. The second-order valence-electron chi connectivity index (χ2n) is 5.05. The molecule has 0 saturated carbocycles. The van der Waals surface area contributed by atoms with E-state index in [9.17, 15) is 0 Å². The molecule has 1 unspecified atom stereocenters. The Morgan fingerprint density at radius 1 is 1.37 bits per heavy atom. The maximum Gasteiger partial charge on any atom is 0.142 e. The minimum Gasteiger partial charge on any atom is -0.354 e. The van der Waals surface area contributed by atoms with E-state index in [0.29, 0.717) is 6.04 Å². The number of hydrogen-bond acceptors (Lipinski definition) is 4. The van der Waals surface area contributed by atoms with Crippen molar-refractivity contribution in [2.24, 2.45) is 0 Å². The lowest BCUT2D eigenvalue weighted by molar-refractivity contribution is 0.232. The number of nitrogens with zero attached hydrogens (tertiary/aromatic N) is 4. The fourth-order valence-electron chi connectivity index (χ4n) is 3.08. The molecule has 1 fully saturated rings. The van der Waals surface area contributed by atoms with Crippen LogP contribution in [0.3, 0.4) is 0 Å². The normalized spacial score (nSPS) is 19.7. The minimum atomic E-state index is 0.652. The third-order valence-corrected chi connectivity index (χ3v) is 4.12. The molecule has 2 aromatic heterocycles. The second-order valence-corrected chi connectivity index (χ2v) is 5.05. The van der Waals surface area contributed by atoms with Crippen LogP contribution in [0.5, 0.6) is 0 Å². The zero-order valence-electron chi connectivity index (χ0n) is 11.6. The maximum absolute atomic E-state index is 4.48. The summed E-state index contributed by atoms with van der Waals surface area (Å²) >= 11 is 0. The van der Waals surface area contributed by atoms with Crippen molar-refractivity contribution >= 4 is 16.9 Å². The van der Waals surface area contributed by atoms with E-state index in [1.165, 1.54) is 6.42 Å². The van der Waals surface area contributed by atoms with Crippen LogP contribution in [0, 0.1) is 0 Å². The van der Waals surface area contributed by atoms with Gasteiger partial charge in [-0.25, -0.2) is 9.97 Å². The Kier molecular flexibility index (Phi) is 3.38. The van der Waals surface area contributed by atoms with E-state index in [-0.39, 0.29) is 0 Å². The van der Waals surface area contributed by atoms with Crippen LogP contribution < -0.4 is 4.90 Å². The molecule has 0 aromatic carbocycles. The van der Waals surface area contributed by atoms with Crippen molar-refractivity contribution in [2.75, 3.05) is 31.1 Å². The van der Waals surface area contributed by atoms with Crippen LogP contribution in [0.4, 0.5) is 5.82 Å². The van der Waals surface area contributed by atoms with Crippen LogP contribution in [0.2, 0.25) is 0 Å². The highest BCUT2D eigenvalue weighted by Crippen LogP contribution is 2.26. The van der Waals surface area contributed by atoms with Gasteiger partial charge in [0.05, 0.1) is 5.39 Å². The fraction of sp³-hybridized carbons (Fsp3) is 0.571. The van der Waals surface area contributed by atoms with Crippen molar-refractivity contribution in [3.63, 3.8) is 0 Å². The summed E-state index contributed by atoms with van der Waals surface area (Å²) in [6, 6.07) is 2.72. The summed E-state index contributed by atoms with van der Waals surface area (Å²) in [5.74, 6) is 1.07. The van der Waals surface area contributed by atoms with Crippen molar-refractivity contribution in [3.05, 3.63) is 18.6 Å². The largest absolute Gasteiger partial charge is 0.354 e. The summed E-state index contributed by atoms with van der Waals surface area (Å²) in [7, 11) is 0. The van der Waals surface area contributed by atoms with Gasteiger partial charge in [-0.2, -0.15) is 0 Å². The molecule has 0 spiro atoms. The Labute approximate surface area is 113 Å². The first-order valence-corrected chi connectivity index (χ1v) is 7.10. The molecule has 1 N–H and O–H groups in total. The lowest BCUT2D eigenvalue weighted by Gasteiger charge is -2.26. The molecule has 0 aliphatic carbocycles. The Balaban J connectivity index is 1.83. The van der Waals surface area contributed by atoms with E-state index in [2.05, 4.69) is 44.7 Å². The number of aromatic nitrogens is 3. The SMILES string of the molecule is CCN(CC)C1CCN(c2ncnc3[nH]ccc23)C1. The Morgan fingerprint density at radius 3 is 3.00 bits per heavy atom. The Hall–Kier alpha value is -1.62. The van der Waals surface area contributed by atoms with Crippen molar-refractivity contribution in [2.45, 2.75) is 26.3 Å². The van der Waals surface area contributed by atoms with Crippen molar-refractivity contribution < 1.29 is 0 Å². The quantitative estimate of drug-likeness (QED) is 0.910. The summed E-state index contributed by atoms with van der Waals surface area (Å²) in [4.78, 5) is 16.8. The number of rotatable bonds is 4. The van der Waals surface area contributed by atoms with Gasteiger partial charge in [0, 0.05) is 25.3 Å². The van der Waals surface area contributed by atoms with Gasteiger partial charge in [0.25, 0.3) is 0 Å². The van der Waals surface area contributed by atoms with Crippen molar-refractivity contribution in [1.82, 2.24) is 19.9 Å². The van der Waals surface area contributed by atoms with Gasteiger partial charge in [0.15, 0.2) is 0 Å². The molecular weight excluding hydrogens is 238 g/mol. The average molecular weight is 259 g/mol. The van der Waals surface area contributed by atoms with Gasteiger partial charge in [-0.05, 0) is 25.6 Å². The highest BCUT2D eigenvalue weighted by Gasteiger charge is 2.27. The summed E-state index contributed by atoms with van der Waals surface area (Å²) in [6.45, 7) is 8.87. The third kappa shape index (κ3) is 2.18. The molecule has 1 aliphatic heterocycles. The average Bonchev–Trinajstić information content (AvgIpc) is 3.08. The number of H-pyrrole nitrogens is 1. The lowest BCUT2D eigenvalue weighted by atomic mass is 10.2. The number of likely N-dealkylation sites (N-methyl/N-ethyl adjacent to an activating group) is 1. The monoisotopic (exact) mass is 259 g/mol. The molecular formula is C14H21N5. The summed E-state index contributed by atoms with van der Waals surface area (Å²) in [5, 5.41) is 1.13. The van der Waals surface area contributed by atoms with E-state index in [1.807, 2.05) is 6.20 Å². The van der Waals surface area contributed by atoms with Crippen LogP contribution >= 0.6 is 0 Å². The van der Waals surface area contributed by atoms with E-state index in [0.717, 1.165) is 43.0 Å². The second kappa shape index (κ2) is 5.17. The molecule has 3 heterocycles. The predicted octanol–water partition coefficient (Wildman–Crippen LogP) is 1.88. The number of nitrogens with one attached hydrogen (secondary N) is 1. The fourth-order valence-corrected chi connectivity index (χ4v) is 3.08. The smallest absolute Gasteiger partial charge is 0.142 e. The summed E-state index contributed by atoms with van der Waals surface area (Å²) < 4.78 is 0. The van der Waals surface area contributed by atoms with E-state index >= 15 is 0 Å². The molecule has 3 rings (SSSR count). The van der Waals surface area contributed by atoms with E-state index in [4.69, 9.17) is 0 Å². The molecule has 0 radical (unpaired) electrons. The minimum absolute atomic E-state index is 0.652. The number of hydrogen-bond donors (Lipinski definition) is 1. The van der Waals surface area contributed by atoms with E-state index in [1.54, 1.807) is 6.33 Å². The highest BCUT2D eigenvalue weighted by atomic mass is 15.3. The van der Waals surface area contributed by atoms with Crippen LogP contribution in [0.1, 0.15) is 20.3 Å². The molecule has 0 bridgehead atoms. The van der Waals surface area contributed by atoms with Crippen LogP contribution in [0.15, 0.2) is 18.6 Å². The van der Waals surface area contributed by atoms with Gasteiger partial charge in [-0.15, -0.1) is 0 Å². The van der Waals surface area contributed by atoms with Crippen molar-refractivity contribution in [3.8, 4) is 0 Å². The molecule has 0 amide bonds. The Bertz CT molecular complexity index is 546. The summed E-state index contributed by atoms with van der Waals surface area (Å²) in [5.41, 5.74) is 0.927. The topological polar surface area (TPSA) is 48.1 Å². The van der Waals surface area contributed by atoms with Gasteiger partial charge in [-0.3, -0.25) is 4.90 Å². The molecule has 5 nitrogen and oxygen atoms in total. The first-order valence-electron chi connectivity index (χ1n) is 7.10. The molecule has 2 aromatic rings. The molecule has 5 heteroatoms. The standard InChI is InChI=1S/C14H21N5/c1-3-18(4-2)11-6-8-19(9-11)14-12-5-7-15-13(12)16-10-17-14/h5,7,10-11H,3-4,6,8-9H2,1-2H3,(H,15,16,17). The van der Waals surface area contributed by atoms with E-state index < -0.39 is 0 Å².